The minimum absolute atomic E-state index is 0.216. The normalized spacial score (nSPS) is 17.7. The lowest BCUT2D eigenvalue weighted by atomic mass is 10.1. The number of amides is 2. The maximum absolute atomic E-state index is 12.1. The zero-order chi connectivity index (χ0) is 15.6. The van der Waals surface area contributed by atoms with Crippen molar-refractivity contribution in [1.82, 2.24) is 14.9 Å². The summed E-state index contributed by atoms with van der Waals surface area (Å²) in [5.41, 5.74) is 0.744. The van der Waals surface area contributed by atoms with Crippen molar-refractivity contribution in [3.05, 3.63) is 11.8 Å². The molecule has 8 heteroatoms. The number of aliphatic carboxylic acids is 1. The van der Waals surface area contributed by atoms with Gasteiger partial charge in [0.25, 0.3) is 0 Å². The molecule has 2 N–H and O–H groups in total. The van der Waals surface area contributed by atoms with Crippen molar-refractivity contribution in [2.45, 2.75) is 13.3 Å². The zero-order valence-corrected chi connectivity index (χ0v) is 12.3. The molecule has 8 nitrogen and oxygen atoms in total. The smallest absolute Gasteiger partial charge is 0.324 e. The van der Waals surface area contributed by atoms with E-state index in [0.29, 0.717) is 18.8 Å². The maximum atomic E-state index is 12.1. The SMILES string of the molecule is Cc1cc(N(C)C)nc(NC(=O)N2CCC(C(=O)O)C2)n1. The molecule has 1 unspecified atom stereocenters. The lowest BCUT2D eigenvalue weighted by Crippen LogP contribution is -2.34. The van der Waals surface area contributed by atoms with Gasteiger partial charge < -0.3 is 14.9 Å². The number of carbonyl (C=O) groups excluding carboxylic acids is 1. The molecule has 2 rings (SSSR count). The van der Waals surface area contributed by atoms with Crippen LogP contribution in [-0.2, 0) is 4.79 Å². The number of aryl methyl sites for hydroxylation is 1. The van der Waals surface area contributed by atoms with Gasteiger partial charge >= 0.3 is 12.0 Å². The summed E-state index contributed by atoms with van der Waals surface area (Å²) in [7, 11) is 3.70. The molecule has 0 aliphatic carbocycles. The molecule has 114 valence electrons. The van der Waals surface area contributed by atoms with Gasteiger partial charge in [0.1, 0.15) is 5.82 Å². The highest BCUT2D eigenvalue weighted by atomic mass is 16.4. The fraction of sp³-hybridized carbons (Fsp3) is 0.538. The number of likely N-dealkylation sites (tertiary alicyclic amines) is 1. The molecule has 21 heavy (non-hydrogen) atoms. The van der Waals surface area contributed by atoms with Crippen molar-refractivity contribution in [1.29, 1.82) is 0 Å². The number of carbonyl (C=O) groups is 2. The number of carboxylic acid groups (broad SMARTS) is 1. The Hall–Kier alpha value is -2.38. The van der Waals surface area contributed by atoms with Gasteiger partial charge in [-0.25, -0.2) is 9.78 Å². The van der Waals surface area contributed by atoms with Crippen LogP contribution in [0.25, 0.3) is 0 Å². The second-order valence-electron chi connectivity index (χ2n) is 5.29. The Bertz CT molecular complexity index is 561. The summed E-state index contributed by atoms with van der Waals surface area (Å²) in [6.07, 6.45) is 0.473. The summed E-state index contributed by atoms with van der Waals surface area (Å²) in [5.74, 6) is -0.441. The third kappa shape index (κ3) is 3.59. The number of anilines is 2. The largest absolute Gasteiger partial charge is 0.481 e. The van der Waals surface area contributed by atoms with Crippen LogP contribution in [0.15, 0.2) is 6.07 Å². The Morgan fingerprint density at radius 3 is 2.71 bits per heavy atom. The van der Waals surface area contributed by atoms with E-state index in [0.717, 1.165) is 5.69 Å². The molecule has 1 atom stereocenters. The molecule has 1 aliphatic heterocycles. The predicted molar refractivity (Wildman–Crippen MR) is 77.4 cm³/mol. The van der Waals surface area contributed by atoms with E-state index >= 15 is 0 Å². The van der Waals surface area contributed by atoms with Crippen molar-refractivity contribution >= 4 is 23.8 Å². The van der Waals surface area contributed by atoms with Crippen LogP contribution in [0, 0.1) is 12.8 Å². The summed E-state index contributed by atoms with van der Waals surface area (Å²) in [5, 5.41) is 11.6. The third-order valence-corrected chi connectivity index (χ3v) is 3.34. The fourth-order valence-electron chi connectivity index (χ4n) is 2.16. The van der Waals surface area contributed by atoms with Crippen LogP contribution < -0.4 is 10.2 Å². The number of rotatable bonds is 3. The maximum Gasteiger partial charge on any atom is 0.324 e. The lowest BCUT2D eigenvalue weighted by molar-refractivity contribution is -0.141. The highest BCUT2D eigenvalue weighted by Gasteiger charge is 2.31. The van der Waals surface area contributed by atoms with E-state index in [9.17, 15) is 9.59 Å². The van der Waals surface area contributed by atoms with Gasteiger partial charge in [0, 0.05) is 38.9 Å². The van der Waals surface area contributed by atoms with E-state index in [1.54, 1.807) is 0 Å². The monoisotopic (exact) mass is 293 g/mol. The molecular formula is C13H19N5O3. The lowest BCUT2D eigenvalue weighted by Gasteiger charge is -2.17. The first-order valence-corrected chi connectivity index (χ1v) is 6.68. The van der Waals surface area contributed by atoms with E-state index < -0.39 is 11.9 Å². The molecule has 1 aromatic rings. The van der Waals surface area contributed by atoms with Crippen molar-refractivity contribution in [3.8, 4) is 0 Å². The summed E-state index contributed by atoms with van der Waals surface area (Å²) in [6, 6.07) is 1.44. The molecule has 0 radical (unpaired) electrons. The van der Waals surface area contributed by atoms with Crippen LogP contribution >= 0.6 is 0 Å². The van der Waals surface area contributed by atoms with E-state index in [1.807, 2.05) is 32.0 Å². The summed E-state index contributed by atoms with van der Waals surface area (Å²) in [6.45, 7) is 2.46. The van der Waals surface area contributed by atoms with Crippen LogP contribution in [-0.4, -0.2) is 59.2 Å². The van der Waals surface area contributed by atoms with E-state index in [1.165, 1.54) is 4.90 Å². The average Bonchev–Trinajstić information content (AvgIpc) is 2.87. The molecule has 0 bridgehead atoms. The number of urea groups is 1. The first-order valence-electron chi connectivity index (χ1n) is 6.68. The van der Waals surface area contributed by atoms with Gasteiger partial charge in [-0.2, -0.15) is 4.98 Å². The topological polar surface area (TPSA) is 98.7 Å². The van der Waals surface area contributed by atoms with Crippen LogP contribution in [0.5, 0.6) is 0 Å². The Morgan fingerprint density at radius 1 is 1.43 bits per heavy atom. The second-order valence-corrected chi connectivity index (χ2v) is 5.29. The van der Waals surface area contributed by atoms with Crippen LogP contribution in [0.4, 0.5) is 16.6 Å². The van der Waals surface area contributed by atoms with Crippen molar-refractivity contribution in [3.63, 3.8) is 0 Å². The summed E-state index contributed by atoms with van der Waals surface area (Å²) >= 11 is 0. The number of hydrogen-bond acceptors (Lipinski definition) is 5. The molecule has 2 amide bonds. The summed E-state index contributed by atoms with van der Waals surface area (Å²) in [4.78, 5) is 34.7. The molecule has 1 fully saturated rings. The Labute approximate surface area is 122 Å². The molecule has 0 aromatic carbocycles. The van der Waals surface area contributed by atoms with Crippen molar-refractivity contribution < 1.29 is 14.7 Å². The van der Waals surface area contributed by atoms with Gasteiger partial charge in [-0.3, -0.25) is 10.1 Å². The summed E-state index contributed by atoms with van der Waals surface area (Å²) < 4.78 is 0. The second kappa shape index (κ2) is 5.94. The van der Waals surface area contributed by atoms with E-state index in [2.05, 4.69) is 15.3 Å². The number of carboxylic acids is 1. The minimum atomic E-state index is -0.869. The Morgan fingerprint density at radius 2 is 2.14 bits per heavy atom. The number of hydrogen-bond donors (Lipinski definition) is 2. The molecule has 2 heterocycles. The Kier molecular flexibility index (Phi) is 4.25. The average molecular weight is 293 g/mol. The van der Waals surface area contributed by atoms with Crippen LogP contribution in [0.3, 0.4) is 0 Å². The van der Waals surface area contributed by atoms with Gasteiger partial charge in [-0.15, -0.1) is 0 Å². The number of aromatic nitrogens is 2. The molecule has 1 aliphatic rings. The van der Waals surface area contributed by atoms with E-state index in [4.69, 9.17) is 5.11 Å². The number of nitrogens with zero attached hydrogens (tertiary/aromatic N) is 4. The van der Waals surface area contributed by atoms with E-state index in [-0.39, 0.29) is 18.5 Å². The zero-order valence-electron chi connectivity index (χ0n) is 12.3. The predicted octanol–water partition coefficient (Wildman–Crippen LogP) is 0.789. The molecule has 0 spiro atoms. The standard InChI is InChI=1S/C13H19N5O3/c1-8-6-10(17(2)3)15-12(14-8)16-13(21)18-5-4-9(7-18)11(19)20/h6,9H,4-5,7H2,1-3H3,(H,19,20)(H,14,15,16,21). The van der Waals surface area contributed by atoms with Crippen molar-refractivity contribution in [2.24, 2.45) is 5.92 Å². The van der Waals surface area contributed by atoms with Gasteiger partial charge in [0.15, 0.2) is 0 Å². The fourth-order valence-corrected chi connectivity index (χ4v) is 2.16. The molecular weight excluding hydrogens is 274 g/mol. The van der Waals surface area contributed by atoms with Crippen molar-refractivity contribution in [2.75, 3.05) is 37.4 Å². The van der Waals surface area contributed by atoms with Crippen LogP contribution in [0.1, 0.15) is 12.1 Å². The molecule has 0 saturated carbocycles. The first kappa shape index (κ1) is 15.0. The highest BCUT2D eigenvalue weighted by Crippen LogP contribution is 2.18. The molecule has 1 saturated heterocycles. The van der Waals surface area contributed by atoms with Gasteiger partial charge in [-0.05, 0) is 13.3 Å². The first-order chi connectivity index (χ1) is 9.86. The molecule has 1 aromatic heterocycles. The van der Waals surface area contributed by atoms with Gasteiger partial charge in [-0.1, -0.05) is 0 Å². The van der Waals surface area contributed by atoms with Crippen LogP contribution in [0.2, 0.25) is 0 Å². The van der Waals surface area contributed by atoms with Gasteiger partial charge in [0.05, 0.1) is 5.92 Å². The Balaban J connectivity index is 2.05. The van der Waals surface area contributed by atoms with Gasteiger partial charge in [0.2, 0.25) is 5.95 Å². The number of nitrogens with one attached hydrogen (secondary N) is 1. The highest BCUT2D eigenvalue weighted by molar-refractivity contribution is 5.88. The quantitative estimate of drug-likeness (QED) is 0.855. The third-order valence-electron chi connectivity index (χ3n) is 3.34. The minimum Gasteiger partial charge on any atom is -0.481 e.